The standard InChI is InChI=1S/C18H26N2O3/c1-3-5-9-19-12-7-8-14(21)17-15(22)11-13(18(23)16(12)17)20-10-6-4-2/h11,20,22-23H,3-10H2,1-2H3. The molecule has 23 heavy (non-hydrogen) atoms. The van der Waals surface area contributed by atoms with Crippen LogP contribution in [0.25, 0.3) is 0 Å². The fourth-order valence-corrected chi connectivity index (χ4v) is 2.77. The summed E-state index contributed by atoms with van der Waals surface area (Å²) in [6.07, 6.45) is 4.85. The molecule has 1 aliphatic carbocycles. The van der Waals surface area contributed by atoms with Crippen molar-refractivity contribution in [2.45, 2.75) is 52.4 Å². The van der Waals surface area contributed by atoms with Gasteiger partial charge in [0.15, 0.2) is 5.78 Å². The third-order valence-corrected chi connectivity index (χ3v) is 4.10. The van der Waals surface area contributed by atoms with Crippen molar-refractivity contribution in [3.63, 3.8) is 0 Å². The van der Waals surface area contributed by atoms with Crippen LogP contribution in [0.1, 0.15) is 68.3 Å². The molecular formula is C18H26N2O3. The Labute approximate surface area is 137 Å². The number of phenols is 2. The Kier molecular flexibility index (Phi) is 6.02. The van der Waals surface area contributed by atoms with E-state index in [9.17, 15) is 15.0 Å². The second-order valence-corrected chi connectivity index (χ2v) is 5.93. The van der Waals surface area contributed by atoms with Gasteiger partial charge in [-0.1, -0.05) is 26.7 Å². The molecule has 1 aromatic rings. The highest BCUT2D eigenvalue weighted by molar-refractivity contribution is 6.19. The van der Waals surface area contributed by atoms with E-state index >= 15 is 0 Å². The molecule has 0 unspecified atom stereocenters. The predicted molar refractivity (Wildman–Crippen MR) is 93.0 cm³/mol. The number of fused-ring (bicyclic) bond motifs is 1. The van der Waals surface area contributed by atoms with Gasteiger partial charge in [0.05, 0.1) is 16.8 Å². The van der Waals surface area contributed by atoms with E-state index in [1.807, 2.05) is 0 Å². The average Bonchev–Trinajstić information content (AvgIpc) is 2.53. The van der Waals surface area contributed by atoms with Gasteiger partial charge in [-0.3, -0.25) is 9.79 Å². The van der Waals surface area contributed by atoms with Gasteiger partial charge in [0, 0.05) is 31.3 Å². The van der Waals surface area contributed by atoms with Crippen molar-refractivity contribution in [1.29, 1.82) is 0 Å². The van der Waals surface area contributed by atoms with Gasteiger partial charge >= 0.3 is 0 Å². The Hall–Kier alpha value is -2.04. The van der Waals surface area contributed by atoms with Crippen LogP contribution in [-0.4, -0.2) is 34.8 Å². The minimum atomic E-state index is -0.137. The van der Waals surface area contributed by atoms with Crippen LogP contribution in [0, 0.1) is 0 Å². The second kappa shape index (κ2) is 7.99. The SMILES string of the molecule is CCCCN=C1CCC(=O)c2c(O)cc(NCCCC)c(O)c21. The number of carbonyl (C=O) groups is 1. The van der Waals surface area contributed by atoms with E-state index in [2.05, 4.69) is 24.2 Å². The van der Waals surface area contributed by atoms with Gasteiger partial charge in [-0.2, -0.15) is 0 Å². The number of aromatic hydroxyl groups is 2. The Morgan fingerprint density at radius 3 is 2.57 bits per heavy atom. The second-order valence-electron chi connectivity index (χ2n) is 5.93. The van der Waals surface area contributed by atoms with Crippen molar-refractivity contribution >= 4 is 17.2 Å². The first-order valence-corrected chi connectivity index (χ1v) is 8.49. The number of phenolic OH excluding ortho intramolecular Hbond substituents is 2. The molecule has 126 valence electrons. The largest absolute Gasteiger partial charge is 0.507 e. The number of ketones is 1. The minimum Gasteiger partial charge on any atom is -0.507 e. The molecule has 1 aromatic carbocycles. The smallest absolute Gasteiger partial charge is 0.167 e. The van der Waals surface area contributed by atoms with E-state index < -0.39 is 0 Å². The van der Waals surface area contributed by atoms with Crippen LogP contribution < -0.4 is 5.32 Å². The lowest BCUT2D eigenvalue weighted by Crippen LogP contribution is -2.19. The summed E-state index contributed by atoms with van der Waals surface area (Å²) in [6.45, 7) is 5.56. The van der Waals surface area contributed by atoms with Gasteiger partial charge < -0.3 is 15.5 Å². The summed E-state index contributed by atoms with van der Waals surface area (Å²) in [5, 5.41) is 24.0. The topological polar surface area (TPSA) is 81.9 Å². The van der Waals surface area contributed by atoms with Crippen LogP contribution >= 0.6 is 0 Å². The maximum Gasteiger partial charge on any atom is 0.167 e. The highest BCUT2D eigenvalue weighted by atomic mass is 16.3. The van der Waals surface area contributed by atoms with Crippen LogP contribution in [0.15, 0.2) is 11.1 Å². The number of carbonyl (C=O) groups excluding carboxylic acids is 1. The number of hydrogen-bond donors (Lipinski definition) is 3. The summed E-state index contributed by atoms with van der Waals surface area (Å²) in [5.41, 5.74) is 1.81. The number of nitrogens with one attached hydrogen (secondary N) is 1. The molecule has 0 aliphatic heterocycles. The normalized spacial score (nSPS) is 15.7. The molecule has 0 saturated carbocycles. The molecular weight excluding hydrogens is 292 g/mol. The minimum absolute atomic E-state index is 0.0252. The molecule has 0 aromatic heterocycles. The van der Waals surface area contributed by atoms with Gasteiger partial charge in [-0.15, -0.1) is 0 Å². The highest BCUT2D eigenvalue weighted by Gasteiger charge is 2.30. The van der Waals surface area contributed by atoms with Crippen LogP contribution in [0.5, 0.6) is 11.5 Å². The first-order valence-electron chi connectivity index (χ1n) is 8.49. The van der Waals surface area contributed by atoms with Crippen LogP contribution in [0.3, 0.4) is 0 Å². The lowest BCUT2D eigenvalue weighted by atomic mass is 9.87. The Morgan fingerprint density at radius 2 is 1.87 bits per heavy atom. The summed E-state index contributed by atoms with van der Waals surface area (Å²) >= 11 is 0. The molecule has 0 fully saturated rings. The first-order chi connectivity index (χ1) is 11.1. The van der Waals surface area contributed by atoms with E-state index in [4.69, 9.17) is 0 Å². The molecule has 0 atom stereocenters. The van der Waals surface area contributed by atoms with Gasteiger partial charge in [0.25, 0.3) is 0 Å². The van der Waals surface area contributed by atoms with E-state index in [0.29, 0.717) is 37.2 Å². The predicted octanol–water partition coefficient (Wildman–Crippen LogP) is 3.88. The molecule has 1 aliphatic rings. The molecule has 0 amide bonds. The Morgan fingerprint density at radius 1 is 1.13 bits per heavy atom. The number of Topliss-reactive ketones (excluding diaryl/α,β-unsaturated/α-hetero) is 1. The maximum absolute atomic E-state index is 12.2. The lowest BCUT2D eigenvalue weighted by molar-refractivity contribution is 0.0978. The Bertz CT molecular complexity index is 609. The van der Waals surface area contributed by atoms with Crippen molar-refractivity contribution in [1.82, 2.24) is 0 Å². The molecule has 0 spiro atoms. The van der Waals surface area contributed by atoms with Crippen molar-refractivity contribution in [3.8, 4) is 11.5 Å². The number of benzene rings is 1. The average molecular weight is 318 g/mol. The lowest BCUT2D eigenvalue weighted by Gasteiger charge is -2.22. The van der Waals surface area contributed by atoms with Gasteiger partial charge in [0.1, 0.15) is 11.5 Å². The van der Waals surface area contributed by atoms with E-state index in [1.165, 1.54) is 6.07 Å². The summed E-state index contributed by atoms with van der Waals surface area (Å²) < 4.78 is 0. The summed E-state index contributed by atoms with van der Waals surface area (Å²) in [5.74, 6) is -0.191. The van der Waals surface area contributed by atoms with E-state index in [0.717, 1.165) is 31.4 Å². The zero-order chi connectivity index (χ0) is 16.8. The molecule has 2 rings (SSSR count). The van der Waals surface area contributed by atoms with E-state index in [-0.39, 0.29) is 22.8 Å². The van der Waals surface area contributed by atoms with Gasteiger partial charge in [-0.05, 0) is 19.3 Å². The number of aliphatic imine (C=N–C) groups is 1. The number of rotatable bonds is 7. The fraction of sp³-hybridized carbons (Fsp3) is 0.556. The van der Waals surface area contributed by atoms with Crippen molar-refractivity contribution in [3.05, 3.63) is 17.2 Å². The fourth-order valence-electron chi connectivity index (χ4n) is 2.77. The molecule has 0 radical (unpaired) electrons. The molecule has 3 N–H and O–H groups in total. The molecule has 0 saturated heterocycles. The number of hydrogen-bond acceptors (Lipinski definition) is 5. The van der Waals surface area contributed by atoms with Crippen LogP contribution in [-0.2, 0) is 0 Å². The molecule has 0 bridgehead atoms. The highest BCUT2D eigenvalue weighted by Crippen LogP contribution is 2.40. The maximum atomic E-state index is 12.2. The number of unbranched alkanes of at least 4 members (excludes halogenated alkanes) is 2. The zero-order valence-electron chi connectivity index (χ0n) is 14.0. The zero-order valence-corrected chi connectivity index (χ0v) is 14.0. The third-order valence-electron chi connectivity index (χ3n) is 4.10. The van der Waals surface area contributed by atoms with Gasteiger partial charge in [0.2, 0.25) is 0 Å². The summed E-state index contributed by atoms with van der Waals surface area (Å²) in [7, 11) is 0. The number of anilines is 1. The third kappa shape index (κ3) is 3.84. The monoisotopic (exact) mass is 318 g/mol. The summed E-state index contributed by atoms with van der Waals surface area (Å²) in [4.78, 5) is 16.7. The number of nitrogens with zero attached hydrogens (tertiary/aromatic N) is 1. The molecule has 0 heterocycles. The van der Waals surface area contributed by atoms with Crippen LogP contribution in [0.4, 0.5) is 5.69 Å². The van der Waals surface area contributed by atoms with Crippen molar-refractivity contribution < 1.29 is 15.0 Å². The van der Waals surface area contributed by atoms with E-state index in [1.54, 1.807) is 0 Å². The van der Waals surface area contributed by atoms with Crippen molar-refractivity contribution in [2.75, 3.05) is 18.4 Å². The van der Waals surface area contributed by atoms with Crippen molar-refractivity contribution in [2.24, 2.45) is 4.99 Å². The molecule has 5 heteroatoms. The van der Waals surface area contributed by atoms with Crippen LogP contribution in [0.2, 0.25) is 0 Å². The van der Waals surface area contributed by atoms with Gasteiger partial charge in [-0.25, -0.2) is 0 Å². The first kappa shape index (κ1) is 17.3. The molecule has 5 nitrogen and oxygen atoms in total. The Balaban J connectivity index is 2.43. The summed E-state index contributed by atoms with van der Waals surface area (Å²) in [6, 6.07) is 1.44. The quantitative estimate of drug-likeness (QED) is 0.405.